The lowest BCUT2D eigenvalue weighted by Crippen LogP contribution is -2.09. The number of rotatable bonds is 6. The zero-order valence-corrected chi connectivity index (χ0v) is 13.9. The first kappa shape index (κ1) is 17.6. The van der Waals surface area contributed by atoms with Crippen LogP contribution >= 0.6 is 0 Å². The Hall–Kier alpha value is -0.440. The second kappa shape index (κ2) is 8.63. The van der Waals surface area contributed by atoms with Crippen LogP contribution in [0.5, 0.6) is 0 Å². The quantitative estimate of drug-likeness (QED) is 0.536. The molecule has 0 rings (SSSR count). The third-order valence-corrected chi connectivity index (χ3v) is 4.30. The van der Waals surface area contributed by atoms with Crippen LogP contribution < -0.4 is 0 Å². The van der Waals surface area contributed by atoms with Crippen molar-refractivity contribution in [3.05, 3.63) is 0 Å². The van der Waals surface area contributed by atoms with E-state index < -0.39 is 0 Å². The summed E-state index contributed by atoms with van der Waals surface area (Å²) in [4.78, 5) is 0. The maximum absolute atomic E-state index is 3.46. The van der Waals surface area contributed by atoms with E-state index in [2.05, 4.69) is 67.2 Å². The van der Waals surface area contributed by atoms with E-state index in [0.717, 1.165) is 23.7 Å². The highest BCUT2D eigenvalue weighted by Crippen LogP contribution is 2.21. The molecule has 4 unspecified atom stereocenters. The SMILES string of the molecule is CC(C#CC(C)CC(C)C(C)C)CC(C)C(C)C. The average molecular weight is 250 g/mol. The normalized spacial score (nSPS) is 18.1. The van der Waals surface area contributed by atoms with Crippen LogP contribution in [-0.4, -0.2) is 0 Å². The van der Waals surface area contributed by atoms with Crippen molar-refractivity contribution < 1.29 is 0 Å². The van der Waals surface area contributed by atoms with Gasteiger partial charge in [-0.15, -0.1) is 0 Å². The molecule has 0 heteroatoms. The van der Waals surface area contributed by atoms with Gasteiger partial charge in [0, 0.05) is 11.8 Å². The van der Waals surface area contributed by atoms with Gasteiger partial charge in [0.2, 0.25) is 0 Å². The monoisotopic (exact) mass is 250 g/mol. The molecule has 0 aliphatic heterocycles. The van der Waals surface area contributed by atoms with E-state index in [1.54, 1.807) is 0 Å². The summed E-state index contributed by atoms with van der Waals surface area (Å²) in [5, 5.41) is 0. The molecule has 0 spiro atoms. The molecule has 0 aromatic rings. The minimum absolute atomic E-state index is 0.541. The Labute approximate surface area is 116 Å². The third-order valence-electron chi connectivity index (χ3n) is 4.30. The Morgan fingerprint density at radius 1 is 0.556 bits per heavy atom. The maximum atomic E-state index is 3.46. The van der Waals surface area contributed by atoms with Gasteiger partial charge < -0.3 is 0 Å². The van der Waals surface area contributed by atoms with E-state index in [-0.39, 0.29) is 0 Å². The molecular weight excluding hydrogens is 216 g/mol. The fourth-order valence-corrected chi connectivity index (χ4v) is 2.06. The molecule has 0 aliphatic carbocycles. The van der Waals surface area contributed by atoms with Crippen molar-refractivity contribution >= 4 is 0 Å². The minimum atomic E-state index is 0.541. The fraction of sp³-hybridized carbons (Fsp3) is 0.889. The van der Waals surface area contributed by atoms with Crippen molar-refractivity contribution in [2.75, 3.05) is 0 Å². The molecule has 106 valence electrons. The van der Waals surface area contributed by atoms with E-state index >= 15 is 0 Å². The molecule has 0 aliphatic rings. The van der Waals surface area contributed by atoms with E-state index in [0.29, 0.717) is 11.8 Å². The summed E-state index contributed by atoms with van der Waals surface area (Å²) in [6.07, 6.45) is 2.47. The van der Waals surface area contributed by atoms with Crippen LogP contribution in [0.4, 0.5) is 0 Å². The maximum Gasteiger partial charge on any atom is 0.0177 e. The van der Waals surface area contributed by atoms with Gasteiger partial charge in [0.1, 0.15) is 0 Å². The average Bonchev–Trinajstić information content (AvgIpc) is 2.25. The predicted octanol–water partition coefficient (Wildman–Crippen LogP) is 5.63. The topological polar surface area (TPSA) is 0 Å². The van der Waals surface area contributed by atoms with E-state index in [9.17, 15) is 0 Å². The summed E-state index contributed by atoms with van der Waals surface area (Å²) < 4.78 is 0. The van der Waals surface area contributed by atoms with Crippen molar-refractivity contribution in [1.82, 2.24) is 0 Å². The van der Waals surface area contributed by atoms with Crippen LogP contribution in [0.1, 0.15) is 68.2 Å². The fourth-order valence-electron chi connectivity index (χ4n) is 2.06. The minimum Gasteiger partial charge on any atom is -0.0999 e. The molecule has 0 bridgehead atoms. The Bertz CT molecular complexity index is 237. The molecule has 4 atom stereocenters. The van der Waals surface area contributed by atoms with Crippen molar-refractivity contribution in [3.63, 3.8) is 0 Å². The zero-order chi connectivity index (χ0) is 14.3. The van der Waals surface area contributed by atoms with Crippen molar-refractivity contribution in [1.29, 1.82) is 0 Å². The second-order valence-electron chi connectivity index (χ2n) is 7.00. The van der Waals surface area contributed by atoms with Gasteiger partial charge in [0.15, 0.2) is 0 Å². The van der Waals surface area contributed by atoms with Gasteiger partial charge in [-0.2, -0.15) is 0 Å². The molecule has 0 aromatic carbocycles. The lowest BCUT2D eigenvalue weighted by molar-refractivity contribution is 0.358. The van der Waals surface area contributed by atoms with Gasteiger partial charge in [0.05, 0.1) is 0 Å². The Morgan fingerprint density at radius 3 is 1.06 bits per heavy atom. The summed E-state index contributed by atoms with van der Waals surface area (Å²) in [7, 11) is 0. The summed E-state index contributed by atoms with van der Waals surface area (Å²) in [6, 6.07) is 0. The van der Waals surface area contributed by atoms with Crippen molar-refractivity contribution in [3.8, 4) is 11.8 Å². The van der Waals surface area contributed by atoms with Crippen LogP contribution in [-0.2, 0) is 0 Å². The van der Waals surface area contributed by atoms with Gasteiger partial charge in [-0.25, -0.2) is 0 Å². The van der Waals surface area contributed by atoms with E-state index in [1.165, 1.54) is 12.8 Å². The Morgan fingerprint density at radius 2 is 0.833 bits per heavy atom. The third kappa shape index (κ3) is 7.80. The van der Waals surface area contributed by atoms with Crippen LogP contribution in [0, 0.1) is 47.3 Å². The first-order chi connectivity index (χ1) is 8.23. The van der Waals surface area contributed by atoms with Gasteiger partial charge in [0.25, 0.3) is 0 Å². The highest BCUT2D eigenvalue weighted by Gasteiger charge is 2.12. The molecule has 0 N–H and O–H groups in total. The molecule has 0 nitrogen and oxygen atoms in total. The molecule has 0 saturated carbocycles. The van der Waals surface area contributed by atoms with E-state index in [4.69, 9.17) is 0 Å². The Kier molecular flexibility index (Phi) is 8.41. The van der Waals surface area contributed by atoms with Gasteiger partial charge in [-0.3, -0.25) is 0 Å². The summed E-state index contributed by atoms with van der Waals surface area (Å²) in [5.74, 6) is 11.1. The standard InChI is InChI=1S/C18H34/c1-13(2)17(7)11-15(5)9-10-16(6)12-18(8)14(3)4/h13-18H,11-12H2,1-8H3. The summed E-state index contributed by atoms with van der Waals surface area (Å²) in [5.41, 5.74) is 0. The molecular formula is C18H34. The smallest absolute Gasteiger partial charge is 0.0177 e. The predicted molar refractivity (Wildman–Crippen MR) is 83.3 cm³/mol. The number of hydrogen-bond acceptors (Lipinski definition) is 0. The largest absolute Gasteiger partial charge is 0.0999 e. The molecule has 18 heavy (non-hydrogen) atoms. The highest BCUT2D eigenvalue weighted by molar-refractivity contribution is 5.06. The highest BCUT2D eigenvalue weighted by atomic mass is 14.2. The van der Waals surface area contributed by atoms with Crippen molar-refractivity contribution in [2.45, 2.75) is 68.2 Å². The van der Waals surface area contributed by atoms with Gasteiger partial charge in [-0.1, -0.05) is 67.2 Å². The van der Waals surface area contributed by atoms with Crippen molar-refractivity contribution in [2.24, 2.45) is 35.5 Å². The van der Waals surface area contributed by atoms with Crippen LogP contribution in [0.2, 0.25) is 0 Å². The molecule has 0 saturated heterocycles. The lowest BCUT2D eigenvalue weighted by Gasteiger charge is -2.18. The lowest BCUT2D eigenvalue weighted by atomic mass is 9.87. The molecule has 0 heterocycles. The van der Waals surface area contributed by atoms with Crippen LogP contribution in [0.25, 0.3) is 0 Å². The molecule has 0 radical (unpaired) electrons. The first-order valence-electron chi connectivity index (χ1n) is 7.75. The Balaban J connectivity index is 4.14. The first-order valence-corrected chi connectivity index (χ1v) is 7.75. The summed E-state index contributed by atoms with van der Waals surface area (Å²) >= 11 is 0. The molecule has 0 aromatic heterocycles. The van der Waals surface area contributed by atoms with Gasteiger partial charge >= 0.3 is 0 Å². The van der Waals surface area contributed by atoms with Gasteiger partial charge in [-0.05, 0) is 36.5 Å². The van der Waals surface area contributed by atoms with E-state index in [1.807, 2.05) is 0 Å². The molecule has 0 amide bonds. The summed E-state index contributed by atoms with van der Waals surface area (Å²) in [6.45, 7) is 18.4. The second-order valence-corrected chi connectivity index (χ2v) is 7.00. The van der Waals surface area contributed by atoms with Crippen LogP contribution in [0.3, 0.4) is 0 Å². The zero-order valence-electron chi connectivity index (χ0n) is 13.9. The molecule has 0 fully saturated rings. The van der Waals surface area contributed by atoms with Crippen LogP contribution in [0.15, 0.2) is 0 Å². The number of hydrogen-bond donors (Lipinski definition) is 0.